The SMILES string of the molecule is COC(=O)[C@@H]1CCCCN1Cc1ccc(C(=O)Nc2cccc(-c3cccc(NC(=O)c4ccc(CNCCNC(=O)CCCOc5ccc(CCN)cc5)cn4)c3C)c2Cl)nc1. The van der Waals surface area contributed by atoms with Gasteiger partial charge < -0.3 is 36.5 Å². The van der Waals surface area contributed by atoms with E-state index in [0.29, 0.717) is 74.1 Å². The van der Waals surface area contributed by atoms with Crippen LogP contribution in [-0.4, -0.2) is 84.5 Å². The summed E-state index contributed by atoms with van der Waals surface area (Å²) >= 11 is 6.91. The molecule has 0 bridgehead atoms. The maximum atomic E-state index is 13.3. The Hall–Kier alpha value is -6.19. The van der Waals surface area contributed by atoms with Gasteiger partial charge in [-0.2, -0.15) is 0 Å². The summed E-state index contributed by atoms with van der Waals surface area (Å²) in [6, 6.07) is 25.5. The van der Waals surface area contributed by atoms with E-state index in [1.807, 2.05) is 61.5 Å². The molecule has 0 radical (unpaired) electrons. The second-order valence-corrected chi connectivity index (χ2v) is 15.7. The Morgan fingerprint density at radius 1 is 0.810 bits per heavy atom. The zero-order chi connectivity index (χ0) is 44.6. The van der Waals surface area contributed by atoms with E-state index >= 15 is 0 Å². The zero-order valence-electron chi connectivity index (χ0n) is 35.8. The number of hydrogen-bond donors (Lipinski definition) is 5. The lowest BCUT2D eigenvalue weighted by molar-refractivity contribution is -0.148. The van der Waals surface area contributed by atoms with Gasteiger partial charge in [0.15, 0.2) is 0 Å². The number of carbonyl (C=O) groups excluding carboxylic acids is 4. The summed E-state index contributed by atoms with van der Waals surface area (Å²) in [5.74, 6) is -0.276. The fourth-order valence-electron chi connectivity index (χ4n) is 7.36. The number of nitrogens with two attached hydrogens (primary N) is 1. The van der Waals surface area contributed by atoms with Crippen molar-refractivity contribution in [1.29, 1.82) is 0 Å². The molecule has 0 saturated carbocycles. The molecule has 1 saturated heterocycles. The van der Waals surface area contributed by atoms with Crippen molar-refractivity contribution < 1.29 is 28.7 Å². The van der Waals surface area contributed by atoms with E-state index < -0.39 is 5.91 Å². The highest BCUT2D eigenvalue weighted by Crippen LogP contribution is 2.37. The predicted molar refractivity (Wildman–Crippen MR) is 245 cm³/mol. The van der Waals surface area contributed by atoms with Crippen LogP contribution < -0.4 is 31.7 Å². The molecule has 6 N–H and O–H groups in total. The second-order valence-electron chi connectivity index (χ2n) is 15.3. The number of piperidine rings is 1. The van der Waals surface area contributed by atoms with E-state index in [0.717, 1.165) is 60.2 Å². The summed E-state index contributed by atoms with van der Waals surface area (Å²) in [4.78, 5) is 62.0. The first-order chi connectivity index (χ1) is 30.6. The molecule has 3 heterocycles. The molecule has 5 aromatic rings. The molecule has 1 aliphatic heterocycles. The Morgan fingerprint density at radius 3 is 2.16 bits per heavy atom. The van der Waals surface area contributed by atoms with Crippen LogP contribution in [0, 0.1) is 6.92 Å². The maximum Gasteiger partial charge on any atom is 0.323 e. The number of nitrogens with one attached hydrogen (secondary N) is 4. The van der Waals surface area contributed by atoms with Gasteiger partial charge in [-0.3, -0.25) is 34.0 Å². The predicted octanol–water partition coefficient (Wildman–Crippen LogP) is 6.70. The number of amides is 3. The van der Waals surface area contributed by atoms with Gasteiger partial charge in [0.2, 0.25) is 5.91 Å². The lowest BCUT2D eigenvalue weighted by Gasteiger charge is -2.33. The first kappa shape index (κ1) is 46.3. The number of nitrogens with zero attached hydrogens (tertiary/aromatic N) is 3. The molecule has 6 rings (SSSR count). The molecule has 0 spiro atoms. The molecule has 330 valence electrons. The Kier molecular flexibility index (Phi) is 17.1. The van der Waals surface area contributed by atoms with Crippen molar-refractivity contribution in [3.63, 3.8) is 0 Å². The number of methoxy groups -OCH3 is 1. The topological polar surface area (TPSA) is 190 Å². The molecule has 15 heteroatoms. The Morgan fingerprint density at radius 2 is 1.48 bits per heavy atom. The van der Waals surface area contributed by atoms with Crippen molar-refractivity contribution >= 4 is 46.7 Å². The van der Waals surface area contributed by atoms with E-state index in [9.17, 15) is 19.2 Å². The van der Waals surface area contributed by atoms with Crippen molar-refractivity contribution in [2.24, 2.45) is 5.73 Å². The van der Waals surface area contributed by atoms with Crippen molar-refractivity contribution in [3.8, 4) is 16.9 Å². The maximum absolute atomic E-state index is 13.3. The molecule has 3 amide bonds. The van der Waals surface area contributed by atoms with Crippen molar-refractivity contribution in [2.45, 2.75) is 64.6 Å². The van der Waals surface area contributed by atoms with Crippen molar-refractivity contribution in [2.75, 3.05) is 50.5 Å². The van der Waals surface area contributed by atoms with E-state index in [2.05, 4.69) is 36.1 Å². The number of halogens is 1. The lowest BCUT2D eigenvalue weighted by Crippen LogP contribution is -2.44. The van der Waals surface area contributed by atoms with Gasteiger partial charge in [0.25, 0.3) is 11.8 Å². The van der Waals surface area contributed by atoms with Crippen LogP contribution in [0.15, 0.2) is 97.3 Å². The molecule has 63 heavy (non-hydrogen) atoms. The number of carbonyl (C=O) groups is 4. The number of anilines is 2. The monoisotopic (exact) mass is 874 g/mol. The minimum atomic E-state index is -0.419. The Balaban J connectivity index is 0.947. The average Bonchev–Trinajstić information content (AvgIpc) is 3.30. The van der Waals surface area contributed by atoms with Crippen LogP contribution in [0.5, 0.6) is 5.75 Å². The average molecular weight is 875 g/mol. The number of benzene rings is 3. The van der Waals surface area contributed by atoms with Gasteiger partial charge in [0, 0.05) is 56.2 Å². The van der Waals surface area contributed by atoms with Crippen molar-refractivity contribution in [3.05, 3.63) is 136 Å². The molecular weight excluding hydrogens is 820 g/mol. The smallest absolute Gasteiger partial charge is 0.323 e. The third-order valence-electron chi connectivity index (χ3n) is 10.8. The highest BCUT2D eigenvalue weighted by molar-refractivity contribution is 6.36. The first-order valence-electron chi connectivity index (χ1n) is 21.3. The van der Waals surface area contributed by atoms with Crippen LogP contribution in [-0.2, 0) is 33.8 Å². The molecule has 0 unspecified atom stereocenters. The zero-order valence-corrected chi connectivity index (χ0v) is 36.5. The van der Waals surface area contributed by atoms with Crippen LogP contribution in [0.4, 0.5) is 11.4 Å². The highest BCUT2D eigenvalue weighted by atomic mass is 35.5. The van der Waals surface area contributed by atoms with E-state index in [-0.39, 0.29) is 35.2 Å². The molecule has 14 nitrogen and oxygen atoms in total. The largest absolute Gasteiger partial charge is 0.494 e. The summed E-state index contributed by atoms with van der Waals surface area (Å²) < 4.78 is 10.7. The van der Waals surface area contributed by atoms with Crippen LogP contribution in [0.3, 0.4) is 0 Å². The van der Waals surface area contributed by atoms with Gasteiger partial charge in [-0.1, -0.05) is 66.6 Å². The molecule has 1 atom stereocenters. The Labute approximate surface area is 373 Å². The fraction of sp³-hybridized carbons (Fsp3) is 0.333. The van der Waals surface area contributed by atoms with Gasteiger partial charge in [-0.15, -0.1) is 0 Å². The molecule has 2 aromatic heterocycles. The van der Waals surface area contributed by atoms with Crippen LogP contribution in [0.2, 0.25) is 5.02 Å². The Bertz CT molecular complexity index is 2330. The van der Waals surface area contributed by atoms with Gasteiger partial charge in [0.1, 0.15) is 23.2 Å². The number of rotatable bonds is 20. The van der Waals surface area contributed by atoms with Crippen molar-refractivity contribution in [1.82, 2.24) is 25.5 Å². The third kappa shape index (κ3) is 13.2. The summed E-state index contributed by atoms with van der Waals surface area (Å²) in [5.41, 5.74) is 12.2. The van der Waals surface area contributed by atoms with E-state index in [1.54, 1.807) is 42.7 Å². The third-order valence-corrected chi connectivity index (χ3v) is 11.2. The quantitative estimate of drug-likeness (QED) is 0.0413. The number of likely N-dealkylation sites (tertiary alicyclic amines) is 1. The molecule has 1 aliphatic rings. The highest BCUT2D eigenvalue weighted by Gasteiger charge is 2.29. The van der Waals surface area contributed by atoms with Gasteiger partial charge in [0.05, 0.1) is 24.4 Å². The number of esters is 1. The lowest BCUT2D eigenvalue weighted by atomic mass is 9.98. The summed E-state index contributed by atoms with van der Waals surface area (Å²) in [6.07, 6.45) is 7.86. The number of aromatic nitrogens is 2. The number of hydrogen-bond acceptors (Lipinski definition) is 11. The standard InChI is InChI=1S/C48H55ClN8O6/c1-32-37(38-9-6-11-40(45(38)49)56-47(60)42-21-17-35(30-54-42)31-57-26-4-3-12-43(57)48(61)62-2)8-5-10-39(32)55-46(59)41-20-16-34(29-53-41)28-51-24-25-52-44(58)13-7-27-63-36-18-14-33(15-19-36)22-23-50/h5-6,8-11,14-21,29-30,43,51H,3-4,7,12-13,22-28,31,50H2,1-2H3,(H,52,58)(H,55,59)(H,56,60)/t43-/m0/s1. The van der Waals surface area contributed by atoms with Crippen LogP contribution in [0.25, 0.3) is 11.1 Å². The number of pyridine rings is 2. The van der Waals surface area contributed by atoms with Crippen LogP contribution >= 0.6 is 11.6 Å². The van der Waals surface area contributed by atoms with E-state index in [1.165, 1.54) is 12.7 Å². The summed E-state index contributed by atoms with van der Waals surface area (Å²) in [6.45, 7) is 5.84. The minimum Gasteiger partial charge on any atom is -0.494 e. The summed E-state index contributed by atoms with van der Waals surface area (Å²) in [5, 5.41) is 12.4. The molecular formula is C48H55ClN8O6. The molecule has 1 fully saturated rings. The van der Waals surface area contributed by atoms with Gasteiger partial charge in [-0.25, -0.2) is 0 Å². The molecule has 3 aromatic carbocycles. The normalized spacial score (nSPS) is 13.8. The molecule has 0 aliphatic carbocycles. The minimum absolute atomic E-state index is 0.0320. The number of ether oxygens (including phenoxy) is 2. The van der Waals surface area contributed by atoms with E-state index in [4.69, 9.17) is 26.8 Å². The van der Waals surface area contributed by atoms with Gasteiger partial charge in [-0.05, 0) is 110 Å². The summed E-state index contributed by atoms with van der Waals surface area (Å²) in [7, 11) is 1.41. The van der Waals surface area contributed by atoms with Gasteiger partial charge >= 0.3 is 5.97 Å². The first-order valence-corrected chi connectivity index (χ1v) is 21.6. The van der Waals surface area contributed by atoms with Crippen LogP contribution in [0.1, 0.15) is 75.3 Å². The second kappa shape index (κ2) is 23.3. The fourth-order valence-corrected chi connectivity index (χ4v) is 7.63.